The van der Waals surface area contributed by atoms with Gasteiger partial charge in [0.1, 0.15) is 0 Å². The number of carbonyl (C=O) groups excluding carboxylic acids is 1. The van der Waals surface area contributed by atoms with Crippen molar-refractivity contribution in [1.82, 2.24) is 15.1 Å². The van der Waals surface area contributed by atoms with Crippen LogP contribution in [0.25, 0.3) is 0 Å². The first kappa shape index (κ1) is 18.0. The van der Waals surface area contributed by atoms with Gasteiger partial charge in [-0.2, -0.15) is 0 Å². The van der Waals surface area contributed by atoms with Gasteiger partial charge in [-0.15, -0.1) is 24.8 Å². The molecule has 2 unspecified atom stereocenters. The molecule has 6 heteroatoms. The highest BCUT2D eigenvalue weighted by atomic mass is 35.5. The molecule has 2 heterocycles. The summed E-state index contributed by atoms with van der Waals surface area (Å²) in [6.07, 6.45) is 0. The fraction of sp³-hybridized carbons (Fsp3) is 0.917. The van der Waals surface area contributed by atoms with Gasteiger partial charge in [0.15, 0.2) is 0 Å². The molecule has 2 fully saturated rings. The van der Waals surface area contributed by atoms with Crippen molar-refractivity contribution in [3.8, 4) is 0 Å². The zero-order valence-electron chi connectivity index (χ0n) is 11.4. The Morgan fingerprint density at radius 3 is 2.33 bits per heavy atom. The SMILES string of the molecule is CC(C(=O)N1CCN(C)CC1C)C1CNC1.Cl.Cl. The Morgan fingerprint density at radius 2 is 1.89 bits per heavy atom. The van der Waals surface area contributed by atoms with Gasteiger partial charge < -0.3 is 15.1 Å². The third kappa shape index (κ3) is 3.73. The Bertz CT molecular complexity index is 274. The predicted octanol–water partition coefficient (Wildman–Crippen LogP) is 0.848. The van der Waals surface area contributed by atoms with E-state index < -0.39 is 0 Å². The molecular weight excluding hydrogens is 273 g/mol. The first-order valence-electron chi connectivity index (χ1n) is 6.29. The number of nitrogens with zero attached hydrogens (tertiary/aromatic N) is 2. The molecule has 0 saturated carbocycles. The van der Waals surface area contributed by atoms with Crippen molar-refractivity contribution in [3.05, 3.63) is 0 Å². The lowest BCUT2D eigenvalue weighted by Crippen LogP contribution is -2.57. The molecule has 4 nitrogen and oxygen atoms in total. The van der Waals surface area contributed by atoms with E-state index in [0.29, 0.717) is 17.9 Å². The molecule has 0 radical (unpaired) electrons. The maximum absolute atomic E-state index is 12.3. The zero-order valence-corrected chi connectivity index (χ0v) is 13.0. The van der Waals surface area contributed by atoms with Gasteiger partial charge in [0.25, 0.3) is 0 Å². The summed E-state index contributed by atoms with van der Waals surface area (Å²) in [5.74, 6) is 1.10. The Balaban J connectivity index is 0.00000144. The van der Waals surface area contributed by atoms with Crippen LogP contribution in [0.2, 0.25) is 0 Å². The third-order valence-electron chi connectivity index (χ3n) is 4.02. The summed E-state index contributed by atoms with van der Waals surface area (Å²) in [5, 5.41) is 3.24. The Hall–Kier alpha value is -0.0300. The summed E-state index contributed by atoms with van der Waals surface area (Å²) in [4.78, 5) is 16.7. The van der Waals surface area contributed by atoms with Crippen LogP contribution in [-0.2, 0) is 4.79 Å². The molecule has 2 aliphatic rings. The van der Waals surface area contributed by atoms with E-state index in [0.717, 1.165) is 32.7 Å². The minimum atomic E-state index is 0. The van der Waals surface area contributed by atoms with Crippen molar-refractivity contribution < 1.29 is 4.79 Å². The summed E-state index contributed by atoms with van der Waals surface area (Å²) in [5.41, 5.74) is 0. The smallest absolute Gasteiger partial charge is 0.226 e. The number of nitrogens with one attached hydrogen (secondary N) is 1. The van der Waals surface area contributed by atoms with Crippen LogP contribution in [0.15, 0.2) is 0 Å². The van der Waals surface area contributed by atoms with E-state index in [-0.39, 0.29) is 30.7 Å². The minimum absolute atomic E-state index is 0. The molecule has 2 rings (SSSR count). The number of hydrogen-bond donors (Lipinski definition) is 1. The highest BCUT2D eigenvalue weighted by Gasteiger charge is 2.34. The summed E-state index contributed by atoms with van der Waals surface area (Å²) in [7, 11) is 2.12. The molecule has 0 aromatic rings. The quantitative estimate of drug-likeness (QED) is 0.821. The number of amides is 1. The van der Waals surface area contributed by atoms with Crippen molar-refractivity contribution in [1.29, 1.82) is 0 Å². The van der Waals surface area contributed by atoms with Crippen LogP contribution >= 0.6 is 24.8 Å². The fourth-order valence-corrected chi connectivity index (χ4v) is 2.59. The molecule has 1 amide bonds. The molecule has 1 N–H and O–H groups in total. The topological polar surface area (TPSA) is 35.6 Å². The van der Waals surface area contributed by atoms with Crippen LogP contribution in [0, 0.1) is 11.8 Å². The van der Waals surface area contributed by atoms with Crippen molar-refractivity contribution in [2.24, 2.45) is 11.8 Å². The van der Waals surface area contributed by atoms with Gasteiger partial charge in [-0.25, -0.2) is 0 Å². The molecule has 2 atom stereocenters. The van der Waals surface area contributed by atoms with E-state index >= 15 is 0 Å². The van der Waals surface area contributed by atoms with E-state index in [1.54, 1.807) is 0 Å². The summed E-state index contributed by atoms with van der Waals surface area (Å²) < 4.78 is 0. The van der Waals surface area contributed by atoms with Crippen molar-refractivity contribution in [2.75, 3.05) is 39.8 Å². The molecule has 0 aromatic carbocycles. The van der Waals surface area contributed by atoms with Crippen LogP contribution in [0.1, 0.15) is 13.8 Å². The Kier molecular flexibility index (Phi) is 7.52. The molecular formula is C12H25Cl2N3O. The van der Waals surface area contributed by atoms with E-state index in [4.69, 9.17) is 0 Å². The Morgan fingerprint density at radius 1 is 1.28 bits per heavy atom. The predicted molar refractivity (Wildman–Crippen MR) is 78.7 cm³/mol. The van der Waals surface area contributed by atoms with Crippen molar-refractivity contribution in [3.63, 3.8) is 0 Å². The third-order valence-corrected chi connectivity index (χ3v) is 4.02. The molecule has 108 valence electrons. The average Bonchev–Trinajstić information content (AvgIpc) is 2.14. The number of rotatable bonds is 2. The van der Waals surface area contributed by atoms with Crippen LogP contribution in [0.4, 0.5) is 0 Å². The molecule has 2 saturated heterocycles. The first-order chi connectivity index (χ1) is 7.59. The van der Waals surface area contributed by atoms with Gasteiger partial charge in [0.2, 0.25) is 5.91 Å². The lowest BCUT2D eigenvalue weighted by atomic mass is 9.87. The molecule has 0 aliphatic carbocycles. The average molecular weight is 298 g/mol. The maximum atomic E-state index is 12.3. The lowest BCUT2D eigenvalue weighted by Gasteiger charge is -2.42. The second-order valence-electron chi connectivity index (χ2n) is 5.35. The summed E-state index contributed by atoms with van der Waals surface area (Å²) in [6, 6.07) is 0.363. The second kappa shape index (κ2) is 7.53. The van der Waals surface area contributed by atoms with Crippen LogP contribution in [0.5, 0.6) is 0 Å². The number of likely N-dealkylation sites (N-methyl/N-ethyl adjacent to an activating group) is 1. The molecule has 18 heavy (non-hydrogen) atoms. The van der Waals surface area contributed by atoms with Crippen molar-refractivity contribution >= 4 is 30.7 Å². The number of carbonyl (C=O) groups is 1. The molecule has 0 aromatic heterocycles. The monoisotopic (exact) mass is 297 g/mol. The summed E-state index contributed by atoms with van der Waals surface area (Å²) >= 11 is 0. The number of hydrogen-bond acceptors (Lipinski definition) is 3. The number of piperazine rings is 1. The fourth-order valence-electron chi connectivity index (χ4n) is 2.59. The molecule has 0 spiro atoms. The van der Waals surface area contributed by atoms with Crippen molar-refractivity contribution in [2.45, 2.75) is 19.9 Å². The van der Waals surface area contributed by atoms with E-state index in [1.807, 2.05) is 0 Å². The van der Waals surface area contributed by atoms with Crippen LogP contribution < -0.4 is 5.32 Å². The van der Waals surface area contributed by atoms with Crippen LogP contribution in [0.3, 0.4) is 0 Å². The highest BCUT2D eigenvalue weighted by Crippen LogP contribution is 2.20. The van der Waals surface area contributed by atoms with Gasteiger partial charge in [0, 0.05) is 31.6 Å². The maximum Gasteiger partial charge on any atom is 0.226 e. The molecule has 0 bridgehead atoms. The standard InChI is InChI=1S/C12H23N3O.2ClH/c1-9-8-14(3)4-5-15(9)12(16)10(2)11-6-13-7-11;;/h9-11,13H,4-8H2,1-3H3;2*1H. The number of halogens is 2. The van der Waals surface area contributed by atoms with Gasteiger partial charge in [-0.1, -0.05) is 6.92 Å². The lowest BCUT2D eigenvalue weighted by molar-refractivity contribution is -0.141. The zero-order chi connectivity index (χ0) is 11.7. The van der Waals surface area contributed by atoms with Gasteiger partial charge in [-0.05, 0) is 33.0 Å². The Labute approximate surface area is 122 Å². The van der Waals surface area contributed by atoms with E-state index in [9.17, 15) is 4.79 Å². The van der Waals surface area contributed by atoms with E-state index in [1.165, 1.54) is 0 Å². The van der Waals surface area contributed by atoms with E-state index in [2.05, 4.69) is 36.0 Å². The second-order valence-corrected chi connectivity index (χ2v) is 5.35. The van der Waals surface area contributed by atoms with Gasteiger partial charge in [-0.3, -0.25) is 4.79 Å². The van der Waals surface area contributed by atoms with Gasteiger partial charge >= 0.3 is 0 Å². The normalized spacial score (nSPS) is 26.6. The van der Waals surface area contributed by atoms with Gasteiger partial charge in [0.05, 0.1) is 0 Å². The minimum Gasteiger partial charge on any atom is -0.337 e. The first-order valence-corrected chi connectivity index (χ1v) is 6.29. The largest absolute Gasteiger partial charge is 0.337 e. The highest BCUT2D eigenvalue weighted by molar-refractivity contribution is 5.85. The summed E-state index contributed by atoms with van der Waals surface area (Å²) in [6.45, 7) is 9.15. The molecule has 2 aliphatic heterocycles. The van der Waals surface area contributed by atoms with Crippen LogP contribution in [-0.4, -0.2) is 61.5 Å².